The van der Waals surface area contributed by atoms with Gasteiger partial charge in [-0.05, 0) is 87.7 Å². The summed E-state index contributed by atoms with van der Waals surface area (Å²) in [7, 11) is 0. The molecule has 29 heavy (non-hydrogen) atoms. The Hall–Kier alpha value is -2.94. The van der Waals surface area contributed by atoms with Gasteiger partial charge >= 0.3 is 0 Å². The van der Waals surface area contributed by atoms with E-state index in [0.717, 1.165) is 28.2 Å². The average molecular weight is 391 g/mol. The third-order valence-electron chi connectivity index (χ3n) is 5.05. The van der Waals surface area contributed by atoms with Gasteiger partial charge in [-0.3, -0.25) is 0 Å². The highest BCUT2D eigenvalue weighted by Crippen LogP contribution is 2.40. The van der Waals surface area contributed by atoms with Crippen molar-refractivity contribution in [1.29, 1.82) is 0 Å². The number of rotatable bonds is 7. The minimum atomic E-state index is -0.388. The number of ether oxygens (including phenoxy) is 2. The molecule has 0 atom stereocenters. The molecule has 0 unspecified atom stereocenters. The lowest BCUT2D eigenvalue weighted by Gasteiger charge is -2.32. The summed E-state index contributed by atoms with van der Waals surface area (Å²) in [5.41, 5.74) is 3.01. The van der Waals surface area contributed by atoms with Crippen molar-refractivity contribution in [3.63, 3.8) is 0 Å². The zero-order chi connectivity index (χ0) is 21.0. The largest absolute Gasteiger partial charge is 0.508 e. The van der Waals surface area contributed by atoms with Crippen LogP contribution in [0.1, 0.15) is 51.3 Å². The van der Waals surface area contributed by atoms with Gasteiger partial charge in [0.25, 0.3) is 0 Å². The van der Waals surface area contributed by atoms with Crippen LogP contribution in [-0.2, 0) is 5.41 Å². The van der Waals surface area contributed by atoms with Crippen LogP contribution in [-0.4, -0.2) is 17.3 Å². The van der Waals surface area contributed by atoms with E-state index in [9.17, 15) is 5.11 Å². The second kappa shape index (κ2) is 8.60. The maximum atomic E-state index is 9.77. The molecule has 0 heterocycles. The molecule has 3 rings (SSSR count). The van der Waals surface area contributed by atoms with Gasteiger partial charge in [-0.25, -0.2) is 0 Å². The number of aromatic hydroxyl groups is 1. The predicted octanol–water partition coefficient (Wildman–Crippen LogP) is 6.32. The second-order valence-corrected chi connectivity index (χ2v) is 8.05. The van der Waals surface area contributed by atoms with Crippen molar-refractivity contribution in [3.05, 3.63) is 89.5 Å². The van der Waals surface area contributed by atoms with Gasteiger partial charge in [0.1, 0.15) is 17.2 Å². The van der Waals surface area contributed by atoms with E-state index < -0.39 is 0 Å². The third-order valence-corrected chi connectivity index (χ3v) is 5.05. The van der Waals surface area contributed by atoms with Crippen LogP contribution in [0.2, 0.25) is 0 Å². The lowest BCUT2D eigenvalue weighted by Crippen LogP contribution is -2.25. The molecule has 3 aromatic carbocycles. The summed E-state index contributed by atoms with van der Waals surface area (Å²) in [5, 5.41) is 9.77. The first-order valence-electron chi connectivity index (χ1n) is 10.1. The van der Waals surface area contributed by atoms with Crippen molar-refractivity contribution in [2.24, 2.45) is 0 Å². The van der Waals surface area contributed by atoms with Crippen molar-refractivity contribution in [2.45, 2.75) is 52.2 Å². The van der Waals surface area contributed by atoms with E-state index in [1.165, 1.54) is 0 Å². The van der Waals surface area contributed by atoms with E-state index in [-0.39, 0.29) is 23.4 Å². The molecule has 3 nitrogen and oxygen atoms in total. The van der Waals surface area contributed by atoms with Crippen LogP contribution in [0.3, 0.4) is 0 Å². The van der Waals surface area contributed by atoms with Crippen LogP contribution >= 0.6 is 0 Å². The number of hydrogen-bond donors (Lipinski definition) is 1. The molecular weight excluding hydrogens is 360 g/mol. The fourth-order valence-corrected chi connectivity index (χ4v) is 3.57. The van der Waals surface area contributed by atoms with Gasteiger partial charge in [-0.2, -0.15) is 0 Å². The van der Waals surface area contributed by atoms with Gasteiger partial charge in [0.2, 0.25) is 0 Å². The molecule has 0 radical (unpaired) electrons. The van der Waals surface area contributed by atoms with Gasteiger partial charge in [0.15, 0.2) is 0 Å². The van der Waals surface area contributed by atoms with Crippen LogP contribution in [0, 0.1) is 0 Å². The highest BCUT2D eigenvalue weighted by atomic mass is 16.5. The minimum absolute atomic E-state index is 0.137. The molecule has 0 saturated heterocycles. The van der Waals surface area contributed by atoms with E-state index in [2.05, 4.69) is 31.2 Å². The van der Waals surface area contributed by atoms with Crippen LogP contribution in [0.5, 0.6) is 17.2 Å². The quantitative estimate of drug-likeness (QED) is 0.480. The molecule has 152 valence electrons. The predicted molar refractivity (Wildman–Crippen MR) is 118 cm³/mol. The molecule has 0 fully saturated rings. The molecule has 0 aliphatic rings. The van der Waals surface area contributed by atoms with Crippen LogP contribution < -0.4 is 9.47 Å². The molecule has 0 aromatic heterocycles. The van der Waals surface area contributed by atoms with Crippen LogP contribution in [0.15, 0.2) is 72.8 Å². The third kappa shape index (κ3) is 4.73. The van der Waals surface area contributed by atoms with Crippen molar-refractivity contribution >= 4 is 0 Å². The molecule has 0 aliphatic carbocycles. The Morgan fingerprint density at radius 3 is 1.21 bits per heavy atom. The Labute approximate surface area is 173 Å². The Balaban J connectivity index is 2.06. The fraction of sp³-hybridized carbons (Fsp3) is 0.308. The van der Waals surface area contributed by atoms with E-state index in [0.29, 0.717) is 0 Å². The smallest absolute Gasteiger partial charge is 0.119 e. The summed E-state index contributed by atoms with van der Waals surface area (Å²) < 4.78 is 11.6. The number of benzene rings is 3. The second-order valence-electron chi connectivity index (χ2n) is 8.05. The molecule has 3 heteroatoms. The summed E-state index contributed by atoms with van der Waals surface area (Å²) in [6, 6.07) is 24.0. The molecule has 0 bridgehead atoms. The SMILES string of the molecule is CC(C)Oc1ccc(C(C)(c2ccc(O)cc2)c2ccc(OC(C)C)cc2)cc1. The summed E-state index contributed by atoms with van der Waals surface area (Å²) in [4.78, 5) is 0. The van der Waals surface area contributed by atoms with E-state index >= 15 is 0 Å². The summed E-state index contributed by atoms with van der Waals surface area (Å²) >= 11 is 0. The van der Waals surface area contributed by atoms with Gasteiger partial charge in [0, 0.05) is 5.41 Å². The number of hydrogen-bond acceptors (Lipinski definition) is 3. The molecule has 0 saturated carbocycles. The van der Waals surface area contributed by atoms with Gasteiger partial charge in [-0.15, -0.1) is 0 Å². The number of phenols is 1. The van der Waals surface area contributed by atoms with Crippen molar-refractivity contribution in [1.82, 2.24) is 0 Å². The topological polar surface area (TPSA) is 38.7 Å². The lowest BCUT2D eigenvalue weighted by molar-refractivity contribution is 0.242. The molecule has 3 aromatic rings. The summed E-state index contributed by atoms with van der Waals surface area (Å²) in [6.45, 7) is 10.3. The Morgan fingerprint density at radius 1 is 0.586 bits per heavy atom. The van der Waals surface area contributed by atoms with Gasteiger partial charge in [0.05, 0.1) is 12.2 Å². The fourth-order valence-electron chi connectivity index (χ4n) is 3.57. The van der Waals surface area contributed by atoms with E-state index in [4.69, 9.17) is 9.47 Å². The van der Waals surface area contributed by atoms with Crippen molar-refractivity contribution < 1.29 is 14.6 Å². The standard InChI is InChI=1S/C26H30O3/c1-18(2)28-24-14-8-21(9-15-24)26(5,20-6-12-23(27)13-7-20)22-10-16-25(17-11-22)29-19(3)4/h6-19,27H,1-5H3. The minimum Gasteiger partial charge on any atom is -0.508 e. The maximum absolute atomic E-state index is 9.77. The molecule has 0 spiro atoms. The van der Waals surface area contributed by atoms with Crippen molar-refractivity contribution in [3.8, 4) is 17.2 Å². The first kappa shape index (κ1) is 20.8. The maximum Gasteiger partial charge on any atom is 0.119 e. The monoisotopic (exact) mass is 390 g/mol. The zero-order valence-electron chi connectivity index (χ0n) is 17.8. The highest BCUT2D eigenvalue weighted by molar-refractivity contribution is 5.52. The first-order valence-corrected chi connectivity index (χ1v) is 10.1. The molecular formula is C26H30O3. The van der Waals surface area contributed by atoms with E-state index in [1.807, 2.05) is 64.1 Å². The van der Waals surface area contributed by atoms with Crippen molar-refractivity contribution in [2.75, 3.05) is 0 Å². The molecule has 1 N–H and O–H groups in total. The Kier molecular flexibility index (Phi) is 6.17. The summed E-state index contributed by atoms with van der Waals surface area (Å²) in [5.74, 6) is 1.98. The summed E-state index contributed by atoms with van der Waals surface area (Å²) in [6.07, 6.45) is 0.274. The zero-order valence-corrected chi connectivity index (χ0v) is 17.8. The van der Waals surface area contributed by atoms with Crippen LogP contribution in [0.4, 0.5) is 0 Å². The normalized spacial score (nSPS) is 11.7. The van der Waals surface area contributed by atoms with Crippen LogP contribution in [0.25, 0.3) is 0 Å². The lowest BCUT2D eigenvalue weighted by atomic mass is 9.71. The Bertz CT molecular complexity index is 854. The first-order chi connectivity index (χ1) is 13.8. The van der Waals surface area contributed by atoms with Gasteiger partial charge < -0.3 is 14.6 Å². The van der Waals surface area contributed by atoms with E-state index in [1.54, 1.807) is 12.1 Å². The molecule has 0 amide bonds. The molecule has 0 aliphatic heterocycles. The highest BCUT2D eigenvalue weighted by Gasteiger charge is 2.31. The van der Waals surface area contributed by atoms with Gasteiger partial charge in [-0.1, -0.05) is 36.4 Å². The average Bonchev–Trinajstić information content (AvgIpc) is 2.68. The number of phenolic OH excluding ortho intramolecular Hbond substituents is 1. The Morgan fingerprint density at radius 2 is 0.897 bits per heavy atom.